The van der Waals surface area contributed by atoms with E-state index in [4.69, 9.17) is 0 Å². The largest absolute Gasteiger partial charge is 0.0616 e. The third kappa shape index (κ3) is 3.90. The highest BCUT2D eigenvalue weighted by molar-refractivity contribution is 6.39. The summed E-state index contributed by atoms with van der Waals surface area (Å²) >= 11 is 0. The van der Waals surface area contributed by atoms with E-state index in [0.717, 1.165) is 0 Å². The highest BCUT2D eigenvalue weighted by Gasteiger charge is 2.27. The van der Waals surface area contributed by atoms with E-state index in [9.17, 15) is 0 Å². The number of benzene rings is 7. The maximum atomic E-state index is 2.60. The van der Waals surface area contributed by atoms with Crippen LogP contribution in [0.1, 0.15) is 103 Å². The van der Waals surface area contributed by atoms with Gasteiger partial charge in [0.25, 0.3) is 0 Å². The van der Waals surface area contributed by atoms with E-state index < -0.39 is 0 Å². The van der Waals surface area contributed by atoms with E-state index >= 15 is 0 Å². The Hall–Kier alpha value is -4.42. The molecule has 0 aliphatic heterocycles. The van der Waals surface area contributed by atoms with Gasteiger partial charge in [0.15, 0.2) is 0 Å². The third-order valence-electron chi connectivity index (χ3n) is 11.5. The Kier molecular flexibility index (Phi) is 5.94. The van der Waals surface area contributed by atoms with E-state index in [-0.39, 0.29) is 10.8 Å². The quantitative estimate of drug-likeness (QED) is 0.168. The molecule has 0 amide bonds. The van der Waals surface area contributed by atoms with Gasteiger partial charge in [0.05, 0.1) is 0 Å². The fourth-order valence-electron chi connectivity index (χ4n) is 9.16. The van der Waals surface area contributed by atoms with Crippen LogP contribution in [0.3, 0.4) is 0 Å². The number of rotatable bonds is 2. The van der Waals surface area contributed by atoms with Crippen LogP contribution in [0.2, 0.25) is 0 Å². The lowest BCUT2D eigenvalue weighted by Gasteiger charge is -2.22. The molecule has 0 saturated carbocycles. The Balaban J connectivity index is 1.57. The van der Waals surface area contributed by atoms with Crippen molar-refractivity contribution in [2.45, 2.75) is 91.9 Å². The molecular formula is C48H46. The Morgan fingerprint density at radius 1 is 0.354 bits per heavy atom. The van der Waals surface area contributed by atoms with Crippen molar-refractivity contribution < 1.29 is 0 Å². The van der Waals surface area contributed by atoms with E-state index in [1.54, 1.807) is 0 Å². The molecule has 0 heterocycles. The van der Waals surface area contributed by atoms with Crippen molar-refractivity contribution in [2.75, 3.05) is 0 Å². The molecule has 0 heteroatoms. The molecule has 0 fully saturated rings. The third-order valence-corrected chi connectivity index (χ3v) is 11.5. The summed E-state index contributed by atoms with van der Waals surface area (Å²) in [7, 11) is 0. The molecule has 0 aromatic heterocycles. The zero-order valence-corrected chi connectivity index (χ0v) is 30.2. The number of hydrogen-bond donors (Lipinski definition) is 0. The van der Waals surface area contributed by atoms with E-state index in [1.807, 2.05) is 0 Å². The topological polar surface area (TPSA) is 0 Å². The average molecular weight is 623 g/mol. The molecular weight excluding hydrogens is 577 g/mol. The van der Waals surface area contributed by atoms with Crippen LogP contribution in [0, 0.1) is 0 Å². The standard InChI is InChI=1S/C48H46/c1-25(2)41-38-23-34-35(37-22-30(48(8,9)10)19-28-18-29(47(5,6)7)21-36(34)43(28)37)24-39(38)42(26(3)4)46-40-20-27-14-11-12-15-31(27)32-16-13-17-33(44(32)40)45(41)46/h11-26H,1-10H3. The van der Waals surface area contributed by atoms with Gasteiger partial charge in [-0.05, 0) is 161 Å². The van der Waals surface area contributed by atoms with Crippen LogP contribution >= 0.6 is 0 Å². The first kappa shape index (κ1) is 29.7. The van der Waals surface area contributed by atoms with Crippen LogP contribution in [0.15, 0.2) is 84.9 Å². The summed E-state index contributed by atoms with van der Waals surface area (Å²) in [5.41, 5.74) is 5.92. The minimum absolute atomic E-state index is 0.0597. The average Bonchev–Trinajstić information content (AvgIpc) is 3.51. The van der Waals surface area contributed by atoms with Crippen molar-refractivity contribution in [3.05, 3.63) is 107 Å². The van der Waals surface area contributed by atoms with Gasteiger partial charge in [0.2, 0.25) is 0 Å². The van der Waals surface area contributed by atoms with Gasteiger partial charge in [-0.3, -0.25) is 0 Å². The Labute approximate surface area is 284 Å². The summed E-state index contributed by atoms with van der Waals surface area (Å²) in [5.74, 6) is 0.741. The Morgan fingerprint density at radius 2 is 0.854 bits per heavy atom. The zero-order valence-electron chi connectivity index (χ0n) is 30.2. The van der Waals surface area contributed by atoms with Gasteiger partial charge in [0, 0.05) is 0 Å². The minimum atomic E-state index is 0.0597. The van der Waals surface area contributed by atoms with Crippen molar-refractivity contribution in [2.24, 2.45) is 0 Å². The van der Waals surface area contributed by atoms with Crippen molar-refractivity contribution in [1.82, 2.24) is 0 Å². The first-order valence-electron chi connectivity index (χ1n) is 18.0. The molecule has 0 unspecified atom stereocenters. The summed E-state index contributed by atoms with van der Waals surface area (Å²) in [6, 6.07) is 33.6. The summed E-state index contributed by atoms with van der Waals surface area (Å²) in [4.78, 5) is 0. The maximum absolute atomic E-state index is 2.60. The summed E-state index contributed by atoms with van der Waals surface area (Å²) < 4.78 is 0. The molecule has 0 nitrogen and oxygen atoms in total. The molecule has 0 spiro atoms. The van der Waals surface area contributed by atoms with Gasteiger partial charge in [-0.1, -0.05) is 124 Å². The molecule has 0 aliphatic carbocycles. The molecule has 0 N–H and O–H groups in total. The Morgan fingerprint density at radius 3 is 1.40 bits per heavy atom. The lowest BCUT2D eigenvalue weighted by molar-refractivity contribution is 0.590. The first-order chi connectivity index (χ1) is 22.7. The number of hydrogen-bond acceptors (Lipinski definition) is 0. The second kappa shape index (κ2) is 9.60. The molecule has 0 radical (unpaired) electrons. The molecule has 48 heavy (non-hydrogen) atoms. The fraction of sp³-hybridized carbons (Fsp3) is 0.292. The lowest BCUT2D eigenvalue weighted by atomic mass is 9.82. The van der Waals surface area contributed by atoms with Gasteiger partial charge in [-0.25, -0.2) is 0 Å². The second-order valence-electron chi connectivity index (χ2n) is 17.3. The molecule has 0 saturated heterocycles. The van der Waals surface area contributed by atoms with Crippen molar-refractivity contribution in [1.29, 1.82) is 0 Å². The summed E-state index contributed by atoms with van der Waals surface area (Å²) in [6.45, 7) is 23.7. The number of fused-ring (bicyclic) bond motifs is 9. The van der Waals surface area contributed by atoms with Crippen molar-refractivity contribution >= 4 is 86.2 Å². The lowest BCUT2D eigenvalue weighted by Crippen LogP contribution is -2.12. The monoisotopic (exact) mass is 622 g/mol. The van der Waals surface area contributed by atoms with Crippen LogP contribution < -0.4 is 0 Å². The van der Waals surface area contributed by atoms with Crippen LogP contribution in [-0.4, -0.2) is 0 Å². The molecule has 0 atom stereocenters. The van der Waals surface area contributed by atoms with Gasteiger partial charge in [-0.15, -0.1) is 0 Å². The zero-order chi connectivity index (χ0) is 33.6. The van der Waals surface area contributed by atoms with Gasteiger partial charge < -0.3 is 0 Å². The van der Waals surface area contributed by atoms with Crippen molar-refractivity contribution in [3.8, 4) is 0 Å². The van der Waals surface area contributed by atoms with Crippen LogP contribution in [0.5, 0.6) is 0 Å². The van der Waals surface area contributed by atoms with Crippen molar-refractivity contribution in [3.63, 3.8) is 0 Å². The molecule has 0 aliphatic rings. The fourth-order valence-corrected chi connectivity index (χ4v) is 9.16. The summed E-state index contributed by atoms with van der Waals surface area (Å²) in [5, 5.41) is 22.5. The smallest absolute Gasteiger partial charge is 0.00197 e. The van der Waals surface area contributed by atoms with E-state index in [2.05, 4.69) is 154 Å². The SMILES string of the molecule is CC(C)c1c2cc3c(cc2c(C(C)C)c2c4cc5ccccc5c5cccc(c12)c54)c1cc(C(C)(C)C)cc2cc(C(C)(C)C)cc3c21. The highest BCUT2D eigenvalue weighted by atomic mass is 14.3. The first-order valence-corrected chi connectivity index (χ1v) is 18.0. The minimum Gasteiger partial charge on any atom is -0.0616 e. The van der Waals surface area contributed by atoms with E-state index in [1.165, 1.54) is 108 Å². The normalized spacial score (nSPS) is 13.6. The predicted octanol–water partition coefficient (Wildman–Crippen LogP) is 14.6. The van der Waals surface area contributed by atoms with Crippen LogP contribution in [-0.2, 0) is 10.8 Å². The highest BCUT2D eigenvalue weighted by Crippen LogP contribution is 2.52. The Bertz CT molecular complexity index is 2770. The van der Waals surface area contributed by atoms with Gasteiger partial charge >= 0.3 is 0 Å². The second-order valence-corrected chi connectivity index (χ2v) is 17.3. The predicted molar refractivity (Wildman–Crippen MR) is 214 cm³/mol. The molecule has 238 valence electrons. The maximum Gasteiger partial charge on any atom is -0.00197 e. The van der Waals surface area contributed by atoms with Crippen LogP contribution in [0.4, 0.5) is 0 Å². The molecule has 9 aromatic rings. The van der Waals surface area contributed by atoms with Gasteiger partial charge in [-0.2, -0.15) is 0 Å². The molecule has 0 bridgehead atoms. The van der Waals surface area contributed by atoms with E-state index in [0.29, 0.717) is 11.8 Å². The van der Waals surface area contributed by atoms with Crippen LogP contribution in [0.25, 0.3) is 86.2 Å². The molecule has 9 rings (SSSR count). The summed E-state index contributed by atoms with van der Waals surface area (Å²) in [6.07, 6.45) is 0. The van der Waals surface area contributed by atoms with Gasteiger partial charge in [0.1, 0.15) is 0 Å². The molecule has 9 aromatic carbocycles.